The van der Waals surface area contributed by atoms with Gasteiger partial charge in [0, 0.05) is 13.1 Å². The maximum atomic E-state index is 11.9. The molecule has 0 aliphatic carbocycles. The number of nitrogens with zero attached hydrogens (tertiary/aromatic N) is 1. The third-order valence-electron chi connectivity index (χ3n) is 3.70. The number of hydrogen-bond acceptors (Lipinski definition) is 4. The van der Waals surface area contributed by atoms with Gasteiger partial charge < -0.3 is 9.64 Å². The Morgan fingerprint density at radius 1 is 1.39 bits per heavy atom. The third kappa shape index (κ3) is 3.31. The Morgan fingerprint density at radius 3 is 2.39 bits per heavy atom. The first-order valence-electron chi connectivity index (χ1n) is 6.29. The third-order valence-corrected chi connectivity index (χ3v) is 3.89. The first kappa shape index (κ1) is 15.1. The molecule has 0 unspecified atom stereocenters. The average molecular weight is 274 g/mol. The number of piperidine rings is 1. The number of thiol groups is 1. The first-order valence-corrected chi connectivity index (χ1v) is 6.74. The molecule has 0 radical (unpaired) electrons. The Hall–Kier alpha value is -0.910. The SMILES string of the molecule is CCOC(=O)C(C)(C)C1CCN(C(=O)NS)CC1. The molecule has 1 aliphatic heterocycles. The topological polar surface area (TPSA) is 58.6 Å². The lowest BCUT2D eigenvalue weighted by atomic mass is 9.73. The summed E-state index contributed by atoms with van der Waals surface area (Å²) in [5.41, 5.74) is -0.487. The Morgan fingerprint density at radius 2 is 1.94 bits per heavy atom. The van der Waals surface area contributed by atoms with Gasteiger partial charge in [-0.15, -0.1) is 0 Å². The van der Waals surface area contributed by atoms with E-state index in [0.29, 0.717) is 19.7 Å². The van der Waals surface area contributed by atoms with Gasteiger partial charge in [-0.1, -0.05) is 12.8 Å². The zero-order valence-corrected chi connectivity index (χ0v) is 12.1. The molecule has 2 amide bonds. The molecule has 6 heteroatoms. The fraction of sp³-hybridized carbons (Fsp3) is 0.833. The second-order valence-corrected chi connectivity index (χ2v) is 5.34. The van der Waals surface area contributed by atoms with Gasteiger partial charge in [-0.3, -0.25) is 9.52 Å². The van der Waals surface area contributed by atoms with Crippen LogP contribution in [0, 0.1) is 11.3 Å². The normalized spacial score (nSPS) is 17.4. The van der Waals surface area contributed by atoms with Crippen molar-refractivity contribution in [3.63, 3.8) is 0 Å². The number of hydrogen-bond donors (Lipinski definition) is 2. The van der Waals surface area contributed by atoms with E-state index in [4.69, 9.17) is 4.74 Å². The quantitative estimate of drug-likeness (QED) is 0.610. The minimum absolute atomic E-state index is 0.151. The van der Waals surface area contributed by atoms with Crippen LogP contribution < -0.4 is 4.72 Å². The summed E-state index contributed by atoms with van der Waals surface area (Å²) in [6.07, 6.45) is 1.63. The highest BCUT2D eigenvalue weighted by atomic mass is 32.1. The van der Waals surface area contributed by atoms with E-state index >= 15 is 0 Å². The van der Waals surface area contributed by atoms with Gasteiger partial charge in [-0.25, -0.2) is 4.79 Å². The van der Waals surface area contributed by atoms with E-state index in [1.165, 1.54) is 0 Å². The summed E-state index contributed by atoms with van der Waals surface area (Å²) in [6.45, 7) is 7.37. The van der Waals surface area contributed by atoms with Crippen LogP contribution in [-0.2, 0) is 9.53 Å². The van der Waals surface area contributed by atoms with Crippen molar-refractivity contribution in [1.29, 1.82) is 0 Å². The van der Waals surface area contributed by atoms with Crippen molar-refractivity contribution in [2.45, 2.75) is 33.6 Å². The lowest BCUT2D eigenvalue weighted by molar-refractivity contribution is -0.157. The average Bonchev–Trinajstić information content (AvgIpc) is 2.38. The van der Waals surface area contributed by atoms with Crippen molar-refractivity contribution in [1.82, 2.24) is 9.62 Å². The largest absolute Gasteiger partial charge is 0.466 e. The van der Waals surface area contributed by atoms with E-state index in [-0.39, 0.29) is 17.9 Å². The molecule has 0 atom stereocenters. The number of rotatable bonds is 3. The van der Waals surface area contributed by atoms with Crippen molar-refractivity contribution >= 4 is 24.8 Å². The summed E-state index contributed by atoms with van der Waals surface area (Å²) in [7, 11) is 0. The molecular formula is C12H22N2O3S. The predicted octanol–water partition coefficient (Wildman–Crippen LogP) is 1.84. The molecule has 5 nitrogen and oxygen atoms in total. The van der Waals surface area contributed by atoms with Crippen molar-refractivity contribution in [2.75, 3.05) is 19.7 Å². The number of nitrogens with one attached hydrogen (secondary N) is 1. The monoisotopic (exact) mass is 274 g/mol. The molecule has 1 N–H and O–H groups in total. The van der Waals surface area contributed by atoms with Gasteiger partial charge in [0.15, 0.2) is 0 Å². The van der Waals surface area contributed by atoms with Crippen molar-refractivity contribution in [3.05, 3.63) is 0 Å². The molecule has 1 aliphatic rings. The standard InChI is InChI=1S/C12H22N2O3S/c1-4-17-10(15)12(2,3)9-5-7-14(8-6-9)11(16)13-18/h9,18H,4-8H2,1-3H3,(H,13,16). The molecule has 0 aromatic rings. The van der Waals surface area contributed by atoms with Gasteiger partial charge in [0.25, 0.3) is 0 Å². The molecule has 0 bridgehead atoms. The Kier molecular flexibility index (Phi) is 5.31. The number of urea groups is 1. The van der Waals surface area contributed by atoms with E-state index in [1.54, 1.807) is 4.90 Å². The Labute approximate surface area is 114 Å². The highest BCUT2D eigenvalue weighted by molar-refractivity contribution is 7.78. The van der Waals surface area contributed by atoms with Crippen LogP contribution in [0.5, 0.6) is 0 Å². The first-order chi connectivity index (χ1) is 8.43. The van der Waals surface area contributed by atoms with Crippen molar-refractivity contribution in [2.24, 2.45) is 11.3 Å². The van der Waals surface area contributed by atoms with Crippen LogP contribution in [0.25, 0.3) is 0 Å². The van der Waals surface area contributed by atoms with Gasteiger partial charge in [0.2, 0.25) is 0 Å². The second-order valence-electron chi connectivity index (χ2n) is 5.12. The number of amides is 2. The number of esters is 1. The summed E-state index contributed by atoms with van der Waals surface area (Å²) in [4.78, 5) is 25.0. The van der Waals surface area contributed by atoms with E-state index in [2.05, 4.69) is 17.5 Å². The van der Waals surface area contributed by atoms with Crippen molar-refractivity contribution in [3.8, 4) is 0 Å². The lowest BCUT2D eigenvalue weighted by Crippen LogP contribution is -2.46. The zero-order chi connectivity index (χ0) is 13.8. The molecule has 0 aromatic carbocycles. The van der Waals surface area contributed by atoms with E-state index < -0.39 is 5.41 Å². The van der Waals surface area contributed by atoms with Crippen LogP contribution in [0.4, 0.5) is 4.79 Å². The van der Waals surface area contributed by atoms with Crippen LogP contribution in [0.15, 0.2) is 0 Å². The predicted molar refractivity (Wildman–Crippen MR) is 72.2 cm³/mol. The smallest absolute Gasteiger partial charge is 0.327 e. The summed E-state index contributed by atoms with van der Waals surface area (Å²) in [6, 6.07) is -0.175. The highest BCUT2D eigenvalue weighted by Crippen LogP contribution is 2.36. The summed E-state index contributed by atoms with van der Waals surface area (Å²) in [5, 5.41) is 0. The lowest BCUT2D eigenvalue weighted by Gasteiger charge is -2.38. The van der Waals surface area contributed by atoms with Crippen LogP contribution in [-0.4, -0.2) is 36.6 Å². The molecule has 1 saturated heterocycles. The van der Waals surface area contributed by atoms with Gasteiger partial charge in [0.05, 0.1) is 12.0 Å². The molecule has 0 spiro atoms. The summed E-state index contributed by atoms with van der Waals surface area (Å²) in [5.74, 6) is 0.0996. The molecule has 18 heavy (non-hydrogen) atoms. The van der Waals surface area contributed by atoms with E-state index in [0.717, 1.165) is 12.8 Å². The molecule has 0 saturated carbocycles. The maximum absolute atomic E-state index is 11.9. The number of carbonyl (C=O) groups excluding carboxylic acids is 2. The zero-order valence-electron chi connectivity index (χ0n) is 11.2. The van der Waals surface area contributed by atoms with Crippen LogP contribution in [0.1, 0.15) is 33.6 Å². The van der Waals surface area contributed by atoms with Gasteiger partial charge in [0.1, 0.15) is 0 Å². The molecule has 104 valence electrons. The minimum Gasteiger partial charge on any atom is -0.466 e. The molecule has 0 aromatic heterocycles. The number of likely N-dealkylation sites (tertiary alicyclic amines) is 1. The van der Waals surface area contributed by atoms with Crippen LogP contribution in [0.3, 0.4) is 0 Å². The molecule has 1 heterocycles. The fourth-order valence-corrected chi connectivity index (χ4v) is 2.50. The maximum Gasteiger partial charge on any atom is 0.327 e. The van der Waals surface area contributed by atoms with Crippen LogP contribution >= 0.6 is 12.8 Å². The minimum atomic E-state index is -0.487. The summed E-state index contributed by atoms with van der Waals surface area (Å²) >= 11 is 3.75. The van der Waals surface area contributed by atoms with Gasteiger partial charge >= 0.3 is 12.0 Å². The van der Waals surface area contributed by atoms with Crippen molar-refractivity contribution < 1.29 is 14.3 Å². The van der Waals surface area contributed by atoms with E-state index in [1.807, 2.05) is 20.8 Å². The van der Waals surface area contributed by atoms with Crippen LogP contribution in [0.2, 0.25) is 0 Å². The molecular weight excluding hydrogens is 252 g/mol. The Bertz CT molecular complexity index is 312. The highest BCUT2D eigenvalue weighted by Gasteiger charge is 2.40. The number of ether oxygens (including phenoxy) is 1. The fourth-order valence-electron chi connectivity index (χ4n) is 2.36. The second kappa shape index (κ2) is 6.31. The molecule has 1 fully saturated rings. The summed E-state index contributed by atoms with van der Waals surface area (Å²) < 4.78 is 7.43. The Balaban J connectivity index is 2.56. The number of carbonyl (C=O) groups is 2. The van der Waals surface area contributed by atoms with Gasteiger partial charge in [-0.05, 0) is 39.5 Å². The van der Waals surface area contributed by atoms with Gasteiger partial charge in [-0.2, -0.15) is 0 Å². The van der Waals surface area contributed by atoms with E-state index in [9.17, 15) is 9.59 Å². The molecule has 1 rings (SSSR count).